The van der Waals surface area contributed by atoms with Crippen LogP contribution in [0.2, 0.25) is 0 Å². The van der Waals surface area contributed by atoms with Crippen molar-refractivity contribution in [1.82, 2.24) is 9.97 Å². The zero-order chi connectivity index (χ0) is 28.3. The van der Waals surface area contributed by atoms with Crippen LogP contribution >= 0.6 is 11.3 Å². The van der Waals surface area contributed by atoms with Gasteiger partial charge < -0.3 is 0 Å². The lowest BCUT2D eigenvalue weighted by Crippen LogP contribution is -1.90. The van der Waals surface area contributed by atoms with Crippen LogP contribution in [-0.4, -0.2) is 9.97 Å². The van der Waals surface area contributed by atoms with Crippen molar-refractivity contribution in [2.24, 2.45) is 0 Å². The zero-order valence-corrected chi connectivity index (χ0v) is 24.0. The van der Waals surface area contributed by atoms with E-state index in [9.17, 15) is 0 Å². The lowest BCUT2D eigenvalue weighted by atomic mass is 9.88. The number of nitrogens with zero attached hydrogens (tertiary/aromatic N) is 2. The van der Waals surface area contributed by atoms with Crippen molar-refractivity contribution in [3.05, 3.63) is 146 Å². The molecule has 0 amide bonds. The van der Waals surface area contributed by atoms with Crippen LogP contribution in [0, 0.1) is 0 Å². The predicted octanol–water partition coefficient (Wildman–Crippen LogP) is 11.3. The topological polar surface area (TPSA) is 25.8 Å². The highest BCUT2D eigenvalue weighted by Gasteiger charge is 2.20. The van der Waals surface area contributed by atoms with Crippen molar-refractivity contribution in [1.29, 1.82) is 0 Å². The Morgan fingerprint density at radius 2 is 1.12 bits per heavy atom. The molecule has 6 aromatic carbocycles. The van der Waals surface area contributed by atoms with E-state index >= 15 is 0 Å². The van der Waals surface area contributed by atoms with Gasteiger partial charge in [0.2, 0.25) is 0 Å². The molecule has 43 heavy (non-hydrogen) atoms. The number of hydrogen-bond acceptors (Lipinski definition) is 3. The maximum atomic E-state index is 4.73. The molecule has 0 fully saturated rings. The van der Waals surface area contributed by atoms with Gasteiger partial charge in [0.05, 0.1) is 5.69 Å². The van der Waals surface area contributed by atoms with E-state index in [2.05, 4.69) is 120 Å². The van der Waals surface area contributed by atoms with Gasteiger partial charge in [-0.1, -0.05) is 78.9 Å². The van der Waals surface area contributed by atoms with Crippen LogP contribution in [0.5, 0.6) is 0 Å². The van der Waals surface area contributed by atoms with E-state index in [1.54, 1.807) is 0 Å². The summed E-state index contributed by atoms with van der Waals surface area (Å²) in [6, 6.07) is 46.1. The second-order valence-corrected chi connectivity index (χ2v) is 12.0. The first-order valence-corrected chi connectivity index (χ1v) is 15.3. The first-order chi connectivity index (χ1) is 21.3. The minimum atomic E-state index is 0.957. The van der Waals surface area contributed by atoms with E-state index in [1.165, 1.54) is 63.6 Å². The second kappa shape index (κ2) is 9.59. The molecule has 3 heteroatoms. The second-order valence-electron chi connectivity index (χ2n) is 11.0. The average Bonchev–Trinajstić information content (AvgIpc) is 3.48. The third kappa shape index (κ3) is 3.79. The van der Waals surface area contributed by atoms with Gasteiger partial charge in [-0.05, 0) is 92.2 Å². The van der Waals surface area contributed by atoms with Gasteiger partial charge in [0, 0.05) is 55.3 Å². The smallest absolute Gasteiger partial charge is 0.0702 e. The third-order valence-electron chi connectivity index (χ3n) is 8.55. The Morgan fingerprint density at radius 1 is 0.442 bits per heavy atom. The Hall–Kier alpha value is -5.38. The summed E-state index contributed by atoms with van der Waals surface area (Å²) in [6.45, 7) is 0. The van der Waals surface area contributed by atoms with E-state index in [0.29, 0.717) is 0 Å². The molecule has 0 radical (unpaired) electrons. The summed E-state index contributed by atoms with van der Waals surface area (Å²) >= 11 is 1.90. The molecule has 0 aliphatic rings. The molecule has 0 aliphatic heterocycles. The van der Waals surface area contributed by atoms with Gasteiger partial charge >= 0.3 is 0 Å². The van der Waals surface area contributed by atoms with E-state index in [1.807, 2.05) is 42.1 Å². The van der Waals surface area contributed by atoms with E-state index in [4.69, 9.17) is 4.98 Å². The SMILES string of the molecule is c1ccc(-c2cc(-c3cccnc3)cc(-c3cc4c5ccccc5c5ccccc5c4c4sc5ccccc5c34)c2)nc1. The summed E-state index contributed by atoms with van der Waals surface area (Å²) in [4.78, 5) is 9.17. The molecule has 0 saturated heterocycles. The molecule has 9 aromatic rings. The molecular weight excluding hydrogens is 541 g/mol. The van der Waals surface area contributed by atoms with Crippen LogP contribution in [0.3, 0.4) is 0 Å². The molecule has 0 spiro atoms. The molecular formula is C40H24N2S. The fourth-order valence-corrected chi connectivity index (χ4v) is 7.95. The van der Waals surface area contributed by atoms with Gasteiger partial charge in [-0.15, -0.1) is 11.3 Å². The van der Waals surface area contributed by atoms with Crippen LogP contribution in [0.1, 0.15) is 0 Å². The Balaban J connectivity index is 1.48. The minimum absolute atomic E-state index is 0.957. The molecule has 0 N–H and O–H groups in total. The number of pyridine rings is 2. The normalized spacial score (nSPS) is 11.7. The highest BCUT2D eigenvalue weighted by molar-refractivity contribution is 7.27. The molecule has 0 unspecified atom stereocenters. The van der Waals surface area contributed by atoms with Gasteiger partial charge in [-0.2, -0.15) is 0 Å². The molecule has 200 valence electrons. The fraction of sp³-hybridized carbons (Fsp3) is 0. The van der Waals surface area contributed by atoms with Crippen molar-refractivity contribution >= 4 is 63.8 Å². The highest BCUT2D eigenvalue weighted by atomic mass is 32.1. The molecule has 0 aliphatic carbocycles. The molecule has 2 nitrogen and oxygen atoms in total. The maximum absolute atomic E-state index is 4.73. The molecule has 3 heterocycles. The molecule has 9 rings (SSSR count). The van der Waals surface area contributed by atoms with Crippen molar-refractivity contribution in [3.63, 3.8) is 0 Å². The third-order valence-corrected chi connectivity index (χ3v) is 9.74. The van der Waals surface area contributed by atoms with Crippen LogP contribution in [0.4, 0.5) is 0 Å². The number of hydrogen-bond donors (Lipinski definition) is 0. The Kier molecular flexibility index (Phi) is 5.40. The van der Waals surface area contributed by atoms with E-state index < -0.39 is 0 Å². The molecule has 0 atom stereocenters. The summed E-state index contributed by atoms with van der Waals surface area (Å²) in [6.07, 6.45) is 5.63. The number of thiophene rings is 1. The molecule has 0 saturated carbocycles. The Labute approximate surface area is 252 Å². The number of benzene rings is 6. The number of fused-ring (bicyclic) bond motifs is 10. The quantitative estimate of drug-likeness (QED) is 0.199. The van der Waals surface area contributed by atoms with E-state index in [-0.39, 0.29) is 0 Å². The summed E-state index contributed by atoms with van der Waals surface area (Å²) in [5.41, 5.74) is 6.68. The van der Waals surface area contributed by atoms with Crippen molar-refractivity contribution in [2.45, 2.75) is 0 Å². The minimum Gasteiger partial charge on any atom is -0.264 e. The lowest BCUT2D eigenvalue weighted by Gasteiger charge is -2.16. The van der Waals surface area contributed by atoms with Crippen molar-refractivity contribution < 1.29 is 0 Å². The van der Waals surface area contributed by atoms with Crippen LogP contribution < -0.4 is 0 Å². The van der Waals surface area contributed by atoms with Gasteiger partial charge in [-0.25, -0.2) is 0 Å². The fourth-order valence-electron chi connectivity index (χ4n) is 6.66. The maximum Gasteiger partial charge on any atom is 0.0702 e. The van der Waals surface area contributed by atoms with Crippen molar-refractivity contribution in [2.75, 3.05) is 0 Å². The first-order valence-electron chi connectivity index (χ1n) is 14.5. The molecule has 3 aromatic heterocycles. The lowest BCUT2D eigenvalue weighted by molar-refractivity contribution is 1.32. The van der Waals surface area contributed by atoms with Crippen molar-refractivity contribution in [3.8, 4) is 33.5 Å². The monoisotopic (exact) mass is 564 g/mol. The summed E-state index contributed by atoms with van der Waals surface area (Å²) in [7, 11) is 0. The average molecular weight is 565 g/mol. The number of rotatable bonds is 3. The van der Waals surface area contributed by atoms with Gasteiger partial charge in [0.1, 0.15) is 0 Å². The number of aromatic nitrogens is 2. The van der Waals surface area contributed by atoms with Gasteiger partial charge in [0.25, 0.3) is 0 Å². The Bertz CT molecular complexity index is 2440. The zero-order valence-electron chi connectivity index (χ0n) is 23.2. The van der Waals surface area contributed by atoms with E-state index in [0.717, 1.165) is 22.4 Å². The highest BCUT2D eigenvalue weighted by Crippen LogP contribution is 2.49. The van der Waals surface area contributed by atoms with Crippen LogP contribution in [0.15, 0.2) is 146 Å². The first kappa shape index (κ1) is 24.2. The standard InChI is InChI=1S/C40H24N2S/c1-2-13-31-29(11-1)30-12-3-4-14-32(30)38-35(31)23-34(39-33-15-5-6-17-37(33)43-40(38)39)27-20-26(25-10-9-18-41-24-25)21-28(22-27)36-16-7-8-19-42-36/h1-24H. The summed E-state index contributed by atoms with van der Waals surface area (Å²) in [5, 5.41) is 10.4. The van der Waals surface area contributed by atoms with Crippen LogP contribution in [0.25, 0.3) is 86.0 Å². The molecule has 0 bridgehead atoms. The Morgan fingerprint density at radius 3 is 1.88 bits per heavy atom. The predicted molar refractivity (Wildman–Crippen MR) is 184 cm³/mol. The van der Waals surface area contributed by atoms with Crippen LogP contribution in [-0.2, 0) is 0 Å². The van der Waals surface area contributed by atoms with Gasteiger partial charge in [0.15, 0.2) is 0 Å². The largest absolute Gasteiger partial charge is 0.264 e. The summed E-state index contributed by atoms with van der Waals surface area (Å²) < 4.78 is 2.64. The van der Waals surface area contributed by atoms with Gasteiger partial charge in [-0.3, -0.25) is 9.97 Å². The summed E-state index contributed by atoms with van der Waals surface area (Å²) in [5.74, 6) is 0.